The van der Waals surface area contributed by atoms with Crippen LogP contribution in [0.4, 0.5) is 0 Å². The Morgan fingerprint density at radius 2 is 1.46 bits per heavy atom. The number of aromatic nitrogens is 8. The van der Waals surface area contributed by atoms with Gasteiger partial charge in [-0.25, -0.2) is 10.2 Å². The second-order valence-corrected chi connectivity index (χ2v) is 2.39. The Labute approximate surface area is 73.1 Å². The second-order valence-electron chi connectivity index (χ2n) is 2.39. The van der Waals surface area contributed by atoms with E-state index >= 15 is 0 Å². The molecule has 2 N–H and O–H groups in total. The summed E-state index contributed by atoms with van der Waals surface area (Å²) in [6.45, 7) is 0. The van der Waals surface area contributed by atoms with Crippen molar-refractivity contribution < 1.29 is 0 Å². The molecule has 0 aliphatic carbocycles. The van der Waals surface area contributed by atoms with Gasteiger partial charge in [-0.2, -0.15) is 0 Å². The summed E-state index contributed by atoms with van der Waals surface area (Å²) in [6, 6.07) is 0. The van der Waals surface area contributed by atoms with Gasteiger partial charge < -0.3 is 0 Å². The standard InChI is InChI=1S/C5H7N8/c1(2-4-6-10-11-7-4)3-5-8-12-13-9-5/h1H,2-3H2,(H,6,7,10,11)(H,8,9,12,13). The first kappa shape index (κ1) is 7.77. The van der Waals surface area contributed by atoms with E-state index in [-0.39, 0.29) is 0 Å². The molecule has 0 amide bonds. The number of rotatable bonds is 4. The van der Waals surface area contributed by atoms with Gasteiger partial charge in [0.15, 0.2) is 0 Å². The van der Waals surface area contributed by atoms with Gasteiger partial charge in [-0.15, -0.1) is 10.2 Å². The largest absolute Gasteiger partial charge is 0.243 e. The molecule has 67 valence electrons. The topological polar surface area (TPSA) is 109 Å². The molecule has 0 unspecified atom stereocenters. The fourth-order valence-electron chi connectivity index (χ4n) is 0.876. The Balaban J connectivity index is 1.76. The fraction of sp³-hybridized carbons (Fsp3) is 0.400. The average Bonchev–Trinajstić information content (AvgIpc) is 2.75. The van der Waals surface area contributed by atoms with Crippen molar-refractivity contribution in [2.75, 3.05) is 0 Å². The maximum atomic E-state index is 3.73. The maximum Gasteiger partial charge on any atom is 0.148 e. The van der Waals surface area contributed by atoms with E-state index in [2.05, 4.69) is 41.2 Å². The summed E-state index contributed by atoms with van der Waals surface area (Å²) in [5.41, 5.74) is 0. The van der Waals surface area contributed by atoms with Crippen LogP contribution >= 0.6 is 0 Å². The van der Waals surface area contributed by atoms with E-state index in [4.69, 9.17) is 0 Å². The minimum Gasteiger partial charge on any atom is -0.243 e. The minimum atomic E-state index is 0.674. The summed E-state index contributed by atoms with van der Waals surface area (Å²) in [5, 5.41) is 26.5. The Bertz CT molecular complexity index is 289. The summed E-state index contributed by atoms with van der Waals surface area (Å²) in [4.78, 5) is 0. The molecule has 0 bridgehead atoms. The van der Waals surface area contributed by atoms with E-state index in [1.54, 1.807) is 0 Å². The smallest absolute Gasteiger partial charge is 0.148 e. The number of hydrogen-bond acceptors (Lipinski definition) is 6. The van der Waals surface area contributed by atoms with Crippen LogP contribution in [0, 0.1) is 6.42 Å². The van der Waals surface area contributed by atoms with Crippen LogP contribution in [0.15, 0.2) is 0 Å². The molecular weight excluding hydrogens is 172 g/mol. The van der Waals surface area contributed by atoms with Crippen molar-refractivity contribution in [2.45, 2.75) is 12.8 Å². The van der Waals surface area contributed by atoms with Crippen molar-refractivity contribution in [3.63, 3.8) is 0 Å². The van der Waals surface area contributed by atoms with Crippen molar-refractivity contribution >= 4 is 0 Å². The molecule has 13 heavy (non-hydrogen) atoms. The third-order valence-electron chi connectivity index (χ3n) is 1.45. The Hall–Kier alpha value is -1.86. The van der Waals surface area contributed by atoms with Crippen LogP contribution in [0.3, 0.4) is 0 Å². The first-order valence-electron chi connectivity index (χ1n) is 3.72. The number of tetrazole rings is 2. The van der Waals surface area contributed by atoms with Gasteiger partial charge >= 0.3 is 0 Å². The van der Waals surface area contributed by atoms with Crippen LogP contribution in [0.25, 0.3) is 0 Å². The number of nitrogens with zero attached hydrogens (tertiary/aromatic N) is 6. The van der Waals surface area contributed by atoms with E-state index in [1.807, 2.05) is 6.42 Å². The summed E-state index contributed by atoms with van der Waals surface area (Å²) >= 11 is 0. The lowest BCUT2D eigenvalue weighted by atomic mass is 10.2. The molecule has 0 fully saturated rings. The highest BCUT2D eigenvalue weighted by Gasteiger charge is 2.00. The van der Waals surface area contributed by atoms with E-state index in [0.717, 1.165) is 11.6 Å². The molecule has 8 heteroatoms. The van der Waals surface area contributed by atoms with E-state index in [1.165, 1.54) is 0 Å². The van der Waals surface area contributed by atoms with Crippen molar-refractivity contribution in [1.82, 2.24) is 41.2 Å². The van der Waals surface area contributed by atoms with Crippen LogP contribution in [0.1, 0.15) is 11.6 Å². The maximum absolute atomic E-state index is 3.73. The number of aromatic amines is 2. The van der Waals surface area contributed by atoms with Gasteiger partial charge in [0.2, 0.25) is 0 Å². The lowest BCUT2D eigenvalue weighted by Crippen LogP contribution is -1.95. The molecule has 8 nitrogen and oxygen atoms in total. The molecular formula is C5H7N8. The number of hydrogen-bond donors (Lipinski definition) is 2. The molecule has 0 saturated heterocycles. The first-order chi connectivity index (χ1) is 6.45. The molecule has 0 aromatic carbocycles. The van der Waals surface area contributed by atoms with E-state index < -0.39 is 0 Å². The predicted molar refractivity (Wildman–Crippen MR) is 40.1 cm³/mol. The lowest BCUT2D eigenvalue weighted by molar-refractivity contribution is 0.880. The fourth-order valence-corrected chi connectivity index (χ4v) is 0.876. The summed E-state index contributed by atoms with van der Waals surface area (Å²) in [6.07, 6.45) is 3.33. The molecule has 0 spiro atoms. The van der Waals surface area contributed by atoms with Crippen molar-refractivity contribution in [1.29, 1.82) is 0 Å². The number of H-pyrrole nitrogens is 2. The molecule has 2 aromatic rings. The van der Waals surface area contributed by atoms with Gasteiger partial charge in [0.25, 0.3) is 0 Å². The van der Waals surface area contributed by atoms with E-state index in [0.29, 0.717) is 12.8 Å². The van der Waals surface area contributed by atoms with Gasteiger partial charge in [-0.05, 0) is 27.3 Å². The first-order valence-corrected chi connectivity index (χ1v) is 3.72. The van der Waals surface area contributed by atoms with Gasteiger partial charge in [-0.3, -0.25) is 0 Å². The normalized spacial score (nSPS) is 10.5. The molecule has 0 aliphatic heterocycles. The molecule has 2 heterocycles. The molecule has 2 rings (SSSR count). The van der Waals surface area contributed by atoms with Gasteiger partial charge in [-0.1, -0.05) is 0 Å². The van der Waals surface area contributed by atoms with Crippen LogP contribution in [-0.4, -0.2) is 41.2 Å². The quantitative estimate of drug-likeness (QED) is 0.603. The summed E-state index contributed by atoms with van der Waals surface area (Å²) < 4.78 is 0. The van der Waals surface area contributed by atoms with Gasteiger partial charge in [0.1, 0.15) is 11.6 Å². The Morgan fingerprint density at radius 3 is 1.85 bits per heavy atom. The minimum absolute atomic E-state index is 0.674. The molecule has 2 aromatic heterocycles. The van der Waals surface area contributed by atoms with Crippen LogP contribution in [0.5, 0.6) is 0 Å². The zero-order chi connectivity index (χ0) is 8.93. The zero-order valence-corrected chi connectivity index (χ0v) is 6.67. The molecule has 0 saturated carbocycles. The van der Waals surface area contributed by atoms with Crippen LogP contribution in [0.2, 0.25) is 0 Å². The molecule has 0 aliphatic rings. The summed E-state index contributed by atoms with van der Waals surface area (Å²) in [7, 11) is 0. The van der Waals surface area contributed by atoms with Crippen molar-refractivity contribution in [3.05, 3.63) is 18.1 Å². The molecule has 0 atom stereocenters. The third kappa shape index (κ3) is 2.04. The van der Waals surface area contributed by atoms with E-state index in [9.17, 15) is 0 Å². The SMILES string of the molecule is [CH](Cc1nnn[nH]1)Cc1nnn[nH]1. The van der Waals surface area contributed by atoms with Gasteiger partial charge in [0, 0.05) is 12.8 Å². The lowest BCUT2D eigenvalue weighted by Gasteiger charge is -1.91. The molecule has 1 radical (unpaired) electrons. The third-order valence-corrected chi connectivity index (χ3v) is 1.45. The Morgan fingerprint density at radius 1 is 0.923 bits per heavy atom. The van der Waals surface area contributed by atoms with Gasteiger partial charge in [0.05, 0.1) is 0 Å². The van der Waals surface area contributed by atoms with Crippen LogP contribution < -0.4 is 0 Å². The monoisotopic (exact) mass is 179 g/mol. The zero-order valence-electron chi connectivity index (χ0n) is 6.67. The van der Waals surface area contributed by atoms with Crippen molar-refractivity contribution in [3.8, 4) is 0 Å². The highest BCUT2D eigenvalue weighted by Crippen LogP contribution is 1.95. The Kier molecular flexibility index (Phi) is 2.21. The highest BCUT2D eigenvalue weighted by atomic mass is 15.5. The second kappa shape index (κ2) is 3.70. The number of nitrogens with one attached hydrogen (secondary N) is 2. The highest BCUT2D eigenvalue weighted by molar-refractivity contribution is 4.91. The van der Waals surface area contributed by atoms with Crippen molar-refractivity contribution in [2.24, 2.45) is 0 Å². The van der Waals surface area contributed by atoms with Crippen LogP contribution in [-0.2, 0) is 12.8 Å². The average molecular weight is 179 g/mol. The summed E-state index contributed by atoms with van der Waals surface area (Å²) in [5.74, 6) is 1.46. The predicted octanol–water partition coefficient (Wildman–Crippen LogP) is -1.30.